The van der Waals surface area contributed by atoms with Crippen LogP contribution in [0.2, 0.25) is 0 Å². The number of amides is 1. The molecule has 0 aliphatic carbocycles. The number of benzene rings is 2. The van der Waals surface area contributed by atoms with Gasteiger partial charge in [0, 0.05) is 7.05 Å². The van der Waals surface area contributed by atoms with Crippen LogP contribution in [0, 0.1) is 0 Å². The molecular formula is C21H25NO4. The number of carbonyl (C=O) groups excluding carboxylic acids is 2. The molecule has 0 fully saturated rings. The third-order valence-corrected chi connectivity index (χ3v) is 3.93. The third-order valence-electron chi connectivity index (χ3n) is 3.93. The summed E-state index contributed by atoms with van der Waals surface area (Å²) in [5.74, 6) is -0.0771. The number of nitrogens with one attached hydrogen (secondary N) is 1. The van der Waals surface area contributed by atoms with Gasteiger partial charge in [0.1, 0.15) is 12.4 Å². The van der Waals surface area contributed by atoms with E-state index in [4.69, 9.17) is 9.47 Å². The summed E-state index contributed by atoms with van der Waals surface area (Å²) >= 11 is 0. The van der Waals surface area contributed by atoms with Crippen molar-refractivity contribution in [1.29, 1.82) is 0 Å². The molecule has 2 aromatic carbocycles. The number of esters is 1. The zero-order valence-corrected chi connectivity index (χ0v) is 15.7. The molecule has 0 spiro atoms. The molecule has 2 rings (SSSR count). The van der Waals surface area contributed by atoms with Crippen molar-refractivity contribution in [3.05, 3.63) is 65.2 Å². The Morgan fingerprint density at radius 3 is 2.12 bits per heavy atom. The van der Waals surface area contributed by atoms with Crippen molar-refractivity contribution < 1.29 is 19.1 Å². The van der Waals surface area contributed by atoms with E-state index >= 15 is 0 Å². The lowest BCUT2D eigenvalue weighted by Gasteiger charge is -2.19. The SMILES string of the molecule is CNC(=O)COC(=O)c1ccc(COc2ccc(C(C)(C)C)cc2)cc1. The van der Waals surface area contributed by atoms with Gasteiger partial charge in [0.05, 0.1) is 5.56 Å². The average Bonchev–Trinajstić information content (AvgIpc) is 2.64. The lowest BCUT2D eigenvalue weighted by Crippen LogP contribution is -2.25. The molecule has 0 heterocycles. The highest BCUT2D eigenvalue weighted by molar-refractivity contribution is 5.91. The standard InChI is InChI=1S/C21H25NO4/c1-21(2,3)17-9-11-18(12-10-17)25-13-15-5-7-16(8-6-15)20(24)26-14-19(23)22-4/h5-12H,13-14H2,1-4H3,(H,22,23). The molecule has 0 aliphatic rings. The largest absolute Gasteiger partial charge is 0.489 e. The molecule has 2 aromatic rings. The van der Waals surface area contributed by atoms with Gasteiger partial charge in [-0.05, 0) is 40.8 Å². The van der Waals surface area contributed by atoms with Crippen LogP contribution >= 0.6 is 0 Å². The predicted octanol–water partition coefficient (Wildman–Crippen LogP) is 3.47. The van der Waals surface area contributed by atoms with Crippen LogP contribution in [0.1, 0.15) is 42.3 Å². The highest BCUT2D eigenvalue weighted by Crippen LogP contribution is 2.24. The van der Waals surface area contributed by atoms with Gasteiger partial charge in [0.2, 0.25) is 0 Å². The minimum absolute atomic E-state index is 0.112. The second kappa shape index (κ2) is 8.52. The fourth-order valence-corrected chi connectivity index (χ4v) is 2.24. The number of hydrogen-bond donors (Lipinski definition) is 1. The smallest absolute Gasteiger partial charge is 0.338 e. The lowest BCUT2D eigenvalue weighted by atomic mass is 9.87. The number of rotatable bonds is 6. The molecule has 5 nitrogen and oxygen atoms in total. The van der Waals surface area contributed by atoms with Gasteiger partial charge in [0.15, 0.2) is 6.61 Å². The van der Waals surface area contributed by atoms with Crippen molar-refractivity contribution in [1.82, 2.24) is 5.32 Å². The van der Waals surface area contributed by atoms with Crippen molar-refractivity contribution in [3.8, 4) is 5.75 Å². The van der Waals surface area contributed by atoms with Crippen molar-refractivity contribution in [3.63, 3.8) is 0 Å². The van der Waals surface area contributed by atoms with Gasteiger partial charge < -0.3 is 14.8 Å². The van der Waals surface area contributed by atoms with Crippen LogP contribution in [-0.2, 0) is 21.6 Å². The molecule has 0 saturated carbocycles. The highest BCUT2D eigenvalue weighted by atomic mass is 16.5. The van der Waals surface area contributed by atoms with Gasteiger partial charge in [-0.2, -0.15) is 0 Å². The summed E-state index contributed by atoms with van der Waals surface area (Å²) in [6.07, 6.45) is 0. The van der Waals surface area contributed by atoms with Crippen molar-refractivity contribution in [2.45, 2.75) is 32.8 Å². The van der Waals surface area contributed by atoms with Gasteiger partial charge in [0.25, 0.3) is 5.91 Å². The summed E-state index contributed by atoms with van der Waals surface area (Å²) in [7, 11) is 1.49. The monoisotopic (exact) mass is 355 g/mol. The molecule has 0 atom stereocenters. The summed E-state index contributed by atoms with van der Waals surface area (Å²) in [5.41, 5.74) is 2.70. The topological polar surface area (TPSA) is 64.6 Å². The molecule has 0 aromatic heterocycles. The van der Waals surface area contributed by atoms with E-state index in [1.165, 1.54) is 12.6 Å². The Hall–Kier alpha value is -2.82. The van der Waals surface area contributed by atoms with Gasteiger partial charge in [-0.1, -0.05) is 45.0 Å². The van der Waals surface area contributed by atoms with Crippen LogP contribution < -0.4 is 10.1 Å². The highest BCUT2D eigenvalue weighted by Gasteiger charge is 2.13. The Balaban J connectivity index is 1.89. The first-order chi connectivity index (χ1) is 12.3. The summed E-state index contributed by atoms with van der Waals surface area (Å²) in [6.45, 7) is 6.63. The maximum atomic E-state index is 11.8. The lowest BCUT2D eigenvalue weighted by molar-refractivity contribution is -0.123. The Bertz CT molecular complexity index is 743. The van der Waals surface area contributed by atoms with Crippen LogP contribution in [-0.4, -0.2) is 25.5 Å². The molecule has 1 amide bonds. The van der Waals surface area contributed by atoms with E-state index in [1.807, 2.05) is 12.1 Å². The van der Waals surface area contributed by atoms with Gasteiger partial charge in [-0.15, -0.1) is 0 Å². The molecule has 0 aliphatic heterocycles. The third kappa shape index (κ3) is 5.62. The second-order valence-corrected chi connectivity index (χ2v) is 7.01. The normalized spacial score (nSPS) is 10.9. The molecule has 0 radical (unpaired) electrons. The fraction of sp³-hybridized carbons (Fsp3) is 0.333. The van der Waals surface area contributed by atoms with Crippen molar-refractivity contribution in [2.24, 2.45) is 0 Å². The zero-order chi connectivity index (χ0) is 19.2. The second-order valence-electron chi connectivity index (χ2n) is 7.01. The fourth-order valence-electron chi connectivity index (χ4n) is 2.24. The number of hydrogen-bond acceptors (Lipinski definition) is 4. The molecular weight excluding hydrogens is 330 g/mol. The predicted molar refractivity (Wildman–Crippen MR) is 100 cm³/mol. The Kier molecular flexibility index (Phi) is 6.39. The first-order valence-corrected chi connectivity index (χ1v) is 8.49. The maximum Gasteiger partial charge on any atom is 0.338 e. The van der Waals surface area contributed by atoms with E-state index in [1.54, 1.807) is 24.3 Å². The van der Waals surface area contributed by atoms with Crippen LogP contribution in [0.3, 0.4) is 0 Å². The van der Waals surface area contributed by atoms with E-state index in [-0.39, 0.29) is 17.9 Å². The number of ether oxygens (including phenoxy) is 2. The molecule has 0 saturated heterocycles. The van der Waals surface area contributed by atoms with E-state index in [2.05, 4.69) is 38.2 Å². The first-order valence-electron chi connectivity index (χ1n) is 8.49. The van der Waals surface area contributed by atoms with Crippen LogP contribution in [0.4, 0.5) is 0 Å². The Morgan fingerprint density at radius 1 is 0.962 bits per heavy atom. The Morgan fingerprint density at radius 2 is 1.58 bits per heavy atom. The molecule has 26 heavy (non-hydrogen) atoms. The molecule has 138 valence electrons. The average molecular weight is 355 g/mol. The Labute approximate surface area is 154 Å². The summed E-state index contributed by atoms with van der Waals surface area (Å²) in [6, 6.07) is 15.0. The minimum Gasteiger partial charge on any atom is -0.489 e. The van der Waals surface area contributed by atoms with Gasteiger partial charge in [-0.3, -0.25) is 4.79 Å². The quantitative estimate of drug-likeness (QED) is 0.806. The van der Waals surface area contributed by atoms with Crippen LogP contribution in [0.25, 0.3) is 0 Å². The molecule has 0 bridgehead atoms. The van der Waals surface area contributed by atoms with Crippen molar-refractivity contribution in [2.75, 3.05) is 13.7 Å². The minimum atomic E-state index is -0.529. The molecule has 5 heteroatoms. The maximum absolute atomic E-state index is 11.8. The molecule has 0 unspecified atom stereocenters. The van der Waals surface area contributed by atoms with Gasteiger partial charge in [-0.25, -0.2) is 4.79 Å². The van der Waals surface area contributed by atoms with Crippen LogP contribution in [0.5, 0.6) is 5.75 Å². The van der Waals surface area contributed by atoms with Crippen molar-refractivity contribution >= 4 is 11.9 Å². The van der Waals surface area contributed by atoms with E-state index in [0.29, 0.717) is 12.2 Å². The van der Waals surface area contributed by atoms with E-state index in [9.17, 15) is 9.59 Å². The van der Waals surface area contributed by atoms with E-state index in [0.717, 1.165) is 11.3 Å². The van der Waals surface area contributed by atoms with E-state index < -0.39 is 5.97 Å². The van der Waals surface area contributed by atoms with Crippen LogP contribution in [0.15, 0.2) is 48.5 Å². The number of likely N-dealkylation sites (N-methyl/N-ethyl adjacent to an activating group) is 1. The summed E-state index contributed by atoms with van der Waals surface area (Å²) in [4.78, 5) is 22.9. The number of carbonyl (C=O) groups is 2. The van der Waals surface area contributed by atoms with Gasteiger partial charge >= 0.3 is 5.97 Å². The molecule has 1 N–H and O–H groups in total. The zero-order valence-electron chi connectivity index (χ0n) is 15.7. The summed E-state index contributed by atoms with van der Waals surface area (Å²) < 4.78 is 10.7. The summed E-state index contributed by atoms with van der Waals surface area (Å²) in [5, 5.41) is 2.39. The first kappa shape index (κ1) is 19.5.